The van der Waals surface area contributed by atoms with E-state index in [0.717, 1.165) is 16.9 Å². The molecule has 0 aliphatic rings. The van der Waals surface area contributed by atoms with E-state index < -0.39 is 0 Å². The number of nitrogens with zero attached hydrogens (tertiary/aromatic N) is 1. The molecule has 1 heterocycles. The first kappa shape index (κ1) is 20.0. The van der Waals surface area contributed by atoms with Gasteiger partial charge in [-0.3, -0.25) is 4.79 Å². The average molecular weight is 402 g/mol. The number of imidazole rings is 1. The van der Waals surface area contributed by atoms with Crippen LogP contribution in [0.4, 0.5) is 0 Å². The highest BCUT2D eigenvalue weighted by Crippen LogP contribution is 2.36. The van der Waals surface area contributed by atoms with Gasteiger partial charge in [0.25, 0.3) is 5.91 Å². The molecule has 0 bridgehead atoms. The fourth-order valence-corrected chi connectivity index (χ4v) is 3.03. The monoisotopic (exact) mass is 401 g/mol. The van der Waals surface area contributed by atoms with Gasteiger partial charge < -0.3 is 19.8 Å². The molecule has 0 atom stereocenters. The molecule has 0 spiro atoms. The van der Waals surface area contributed by atoms with Crippen LogP contribution in [0.25, 0.3) is 11.0 Å². The van der Waals surface area contributed by atoms with Crippen LogP contribution in [0.15, 0.2) is 36.4 Å². The molecule has 2 N–H and O–H groups in total. The lowest BCUT2D eigenvalue weighted by molar-refractivity contribution is 0.0953. The van der Waals surface area contributed by atoms with Gasteiger partial charge in [-0.1, -0.05) is 37.6 Å². The van der Waals surface area contributed by atoms with Gasteiger partial charge >= 0.3 is 0 Å². The van der Waals surface area contributed by atoms with Crippen LogP contribution >= 0.6 is 11.6 Å². The number of hydrogen-bond acceptors (Lipinski definition) is 4. The Hall–Kier alpha value is -2.73. The van der Waals surface area contributed by atoms with Crippen LogP contribution in [0.5, 0.6) is 11.5 Å². The van der Waals surface area contributed by atoms with Crippen molar-refractivity contribution >= 4 is 28.5 Å². The second-order valence-corrected chi connectivity index (χ2v) is 7.31. The minimum Gasteiger partial charge on any atom is -0.493 e. The van der Waals surface area contributed by atoms with Crippen molar-refractivity contribution in [1.29, 1.82) is 0 Å². The molecule has 0 saturated carbocycles. The van der Waals surface area contributed by atoms with E-state index in [9.17, 15) is 4.79 Å². The molecule has 0 aliphatic carbocycles. The quantitative estimate of drug-likeness (QED) is 0.592. The van der Waals surface area contributed by atoms with E-state index in [1.54, 1.807) is 12.1 Å². The third-order valence-electron chi connectivity index (χ3n) is 4.14. The predicted octanol–water partition coefficient (Wildman–Crippen LogP) is 4.23. The van der Waals surface area contributed by atoms with Crippen molar-refractivity contribution in [1.82, 2.24) is 15.3 Å². The van der Waals surface area contributed by atoms with Gasteiger partial charge in [0, 0.05) is 18.5 Å². The Morgan fingerprint density at radius 3 is 2.79 bits per heavy atom. The number of rotatable bonds is 8. The van der Waals surface area contributed by atoms with Crippen molar-refractivity contribution in [3.63, 3.8) is 0 Å². The molecular weight excluding hydrogens is 378 g/mol. The van der Waals surface area contributed by atoms with Crippen LogP contribution in [-0.4, -0.2) is 36.1 Å². The minimum atomic E-state index is -0.230. The lowest BCUT2D eigenvalue weighted by Crippen LogP contribution is -2.26. The lowest BCUT2D eigenvalue weighted by atomic mass is 10.1. The van der Waals surface area contributed by atoms with Crippen molar-refractivity contribution in [2.75, 3.05) is 20.3 Å². The molecule has 28 heavy (non-hydrogen) atoms. The number of aromatic nitrogens is 2. The topological polar surface area (TPSA) is 76.2 Å². The normalized spacial score (nSPS) is 11.0. The molecule has 7 heteroatoms. The fraction of sp³-hybridized carbons (Fsp3) is 0.333. The van der Waals surface area contributed by atoms with Crippen LogP contribution < -0.4 is 14.8 Å². The van der Waals surface area contributed by atoms with E-state index >= 15 is 0 Å². The standard InChI is InChI=1S/C21H24ClN3O3/c1-13(2)12-28-20-15(22)10-14(11-18(20)27-3)21(26)23-9-8-19-24-16-6-4-5-7-17(16)25-19/h4-7,10-11,13H,8-9,12H2,1-3H3,(H,23,26)(H,24,25). The maximum absolute atomic E-state index is 12.5. The maximum Gasteiger partial charge on any atom is 0.251 e. The van der Waals surface area contributed by atoms with E-state index in [1.807, 2.05) is 38.1 Å². The summed E-state index contributed by atoms with van der Waals surface area (Å²) in [4.78, 5) is 20.3. The predicted molar refractivity (Wildman–Crippen MR) is 110 cm³/mol. The number of fused-ring (bicyclic) bond motifs is 1. The third kappa shape index (κ3) is 4.75. The van der Waals surface area contributed by atoms with Gasteiger partial charge in [-0.05, 0) is 30.2 Å². The molecule has 0 saturated heterocycles. The van der Waals surface area contributed by atoms with Crippen LogP contribution in [0.3, 0.4) is 0 Å². The zero-order valence-corrected chi connectivity index (χ0v) is 17.0. The van der Waals surface area contributed by atoms with Crippen LogP contribution in [0.2, 0.25) is 5.02 Å². The van der Waals surface area contributed by atoms with Crippen LogP contribution in [-0.2, 0) is 6.42 Å². The Morgan fingerprint density at radius 2 is 2.07 bits per heavy atom. The maximum atomic E-state index is 12.5. The van der Waals surface area contributed by atoms with E-state index in [-0.39, 0.29) is 5.91 Å². The summed E-state index contributed by atoms with van der Waals surface area (Å²) < 4.78 is 11.1. The van der Waals surface area contributed by atoms with Gasteiger partial charge in [-0.25, -0.2) is 4.98 Å². The van der Waals surface area contributed by atoms with Gasteiger partial charge in [-0.15, -0.1) is 0 Å². The number of nitrogens with one attached hydrogen (secondary N) is 2. The summed E-state index contributed by atoms with van der Waals surface area (Å²) in [7, 11) is 1.52. The molecule has 3 aromatic rings. The molecular formula is C21H24ClN3O3. The van der Waals surface area contributed by atoms with Crippen molar-refractivity contribution in [2.24, 2.45) is 5.92 Å². The second-order valence-electron chi connectivity index (χ2n) is 6.90. The van der Waals surface area contributed by atoms with Crippen LogP contribution in [0, 0.1) is 5.92 Å². The first-order valence-electron chi connectivity index (χ1n) is 9.20. The lowest BCUT2D eigenvalue weighted by Gasteiger charge is -2.15. The number of hydrogen-bond donors (Lipinski definition) is 2. The van der Waals surface area contributed by atoms with E-state index in [2.05, 4.69) is 15.3 Å². The molecule has 3 rings (SSSR count). The van der Waals surface area contributed by atoms with Gasteiger partial charge in [0.1, 0.15) is 5.82 Å². The Bertz CT molecular complexity index is 936. The van der Waals surface area contributed by atoms with Gasteiger partial charge in [0.2, 0.25) is 0 Å². The number of halogens is 1. The molecule has 148 valence electrons. The summed E-state index contributed by atoms with van der Waals surface area (Å²) in [6.45, 7) is 5.05. The number of carbonyl (C=O) groups excluding carboxylic acids is 1. The number of aromatic amines is 1. The molecule has 0 unspecified atom stereocenters. The Balaban J connectivity index is 1.64. The highest BCUT2D eigenvalue weighted by Gasteiger charge is 2.16. The van der Waals surface area contributed by atoms with Crippen LogP contribution in [0.1, 0.15) is 30.0 Å². The SMILES string of the molecule is COc1cc(C(=O)NCCc2nc3ccccc3[nH]2)cc(Cl)c1OCC(C)C. The zero-order valence-electron chi connectivity index (χ0n) is 16.2. The number of ether oxygens (including phenoxy) is 2. The van der Waals surface area contributed by atoms with Gasteiger partial charge in [0.15, 0.2) is 11.5 Å². The largest absolute Gasteiger partial charge is 0.493 e. The number of para-hydroxylation sites is 2. The molecule has 1 aromatic heterocycles. The minimum absolute atomic E-state index is 0.230. The highest BCUT2D eigenvalue weighted by molar-refractivity contribution is 6.32. The third-order valence-corrected chi connectivity index (χ3v) is 4.42. The van der Waals surface area contributed by atoms with E-state index in [0.29, 0.717) is 47.6 Å². The Morgan fingerprint density at radius 1 is 1.29 bits per heavy atom. The van der Waals surface area contributed by atoms with Gasteiger partial charge in [0.05, 0.1) is 29.8 Å². The number of H-pyrrole nitrogens is 1. The number of methoxy groups -OCH3 is 1. The molecule has 0 fully saturated rings. The highest BCUT2D eigenvalue weighted by atomic mass is 35.5. The number of amides is 1. The fourth-order valence-electron chi connectivity index (χ4n) is 2.76. The summed E-state index contributed by atoms with van der Waals surface area (Å²) in [6.07, 6.45) is 0.598. The molecule has 6 nitrogen and oxygen atoms in total. The van der Waals surface area contributed by atoms with Crippen molar-refractivity contribution in [2.45, 2.75) is 20.3 Å². The number of carbonyl (C=O) groups is 1. The van der Waals surface area contributed by atoms with Crippen molar-refractivity contribution < 1.29 is 14.3 Å². The molecule has 2 aromatic carbocycles. The molecule has 1 amide bonds. The summed E-state index contributed by atoms with van der Waals surface area (Å²) in [5.41, 5.74) is 2.32. The van der Waals surface area contributed by atoms with Crippen molar-refractivity contribution in [3.8, 4) is 11.5 Å². The van der Waals surface area contributed by atoms with Gasteiger partial charge in [-0.2, -0.15) is 0 Å². The Labute approximate surface area is 169 Å². The Kier molecular flexibility index (Phi) is 6.41. The van der Waals surface area contributed by atoms with Crippen molar-refractivity contribution in [3.05, 3.63) is 52.8 Å². The first-order valence-corrected chi connectivity index (χ1v) is 9.58. The summed E-state index contributed by atoms with van der Waals surface area (Å²) in [5, 5.41) is 3.24. The molecule has 0 radical (unpaired) electrons. The zero-order chi connectivity index (χ0) is 20.1. The molecule has 0 aliphatic heterocycles. The van der Waals surface area contributed by atoms with E-state index in [4.69, 9.17) is 21.1 Å². The summed E-state index contributed by atoms with van der Waals surface area (Å²) >= 11 is 6.32. The summed E-state index contributed by atoms with van der Waals surface area (Å²) in [6, 6.07) is 11.1. The van der Waals surface area contributed by atoms with E-state index in [1.165, 1.54) is 7.11 Å². The first-order chi connectivity index (χ1) is 13.5. The number of benzene rings is 2. The average Bonchev–Trinajstić information content (AvgIpc) is 3.08. The smallest absolute Gasteiger partial charge is 0.251 e. The summed E-state index contributed by atoms with van der Waals surface area (Å²) in [5.74, 6) is 1.84. The second kappa shape index (κ2) is 8.97.